The number of hydrogen-bond acceptors (Lipinski definition) is 7. The number of carbonyl (C=O) groups is 1. The van der Waals surface area contributed by atoms with Crippen molar-refractivity contribution in [3.8, 4) is 11.5 Å². The van der Waals surface area contributed by atoms with Crippen LogP contribution < -0.4 is 20.5 Å². The minimum absolute atomic E-state index is 0.0699. The summed E-state index contributed by atoms with van der Waals surface area (Å²) in [5, 5.41) is 13.8. The Bertz CT molecular complexity index is 1110. The smallest absolute Gasteiger partial charge is 0.252 e. The first kappa shape index (κ1) is 23.3. The third-order valence-electron chi connectivity index (χ3n) is 5.27. The summed E-state index contributed by atoms with van der Waals surface area (Å²) in [5.41, 5.74) is 9.68. The Hall–Kier alpha value is -3.36. The first-order valence-electron chi connectivity index (χ1n) is 10.5. The third-order valence-corrected chi connectivity index (χ3v) is 5.27. The molecule has 0 atom stereocenters. The van der Waals surface area contributed by atoms with Gasteiger partial charge in [0.1, 0.15) is 6.61 Å². The van der Waals surface area contributed by atoms with Gasteiger partial charge in [-0.15, -0.1) is 0 Å². The Morgan fingerprint density at radius 2 is 2.03 bits per heavy atom. The van der Waals surface area contributed by atoms with E-state index in [-0.39, 0.29) is 12.2 Å². The molecule has 8 heteroatoms. The first-order valence-corrected chi connectivity index (χ1v) is 10.5. The molecule has 0 aliphatic carbocycles. The van der Waals surface area contributed by atoms with Crippen LogP contribution in [0.25, 0.3) is 10.9 Å². The maximum Gasteiger partial charge on any atom is 0.252 e. The summed E-state index contributed by atoms with van der Waals surface area (Å²) in [4.78, 5) is 18.7. The minimum Gasteiger partial charge on any atom is -0.493 e. The fourth-order valence-corrected chi connectivity index (χ4v) is 3.58. The number of aromatic nitrogens is 1. The van der Waals surface area contributed by atoms with Crippen LogP contribution in [0, 0.1) is 0 Å². The molecule has 0 spiro atoms. The minimum atomic E-state index is -0.593. The summed E-state index contributed by atoms with van der Waals surface area (Å²) in [6.45, 7) is 3.15. The maximum absolute atomic E-state index is 12.2. The Labute approximate surface area is 188 Å². The van der Waals surface area contributed by atoms with E-state index in [0.29, 0.717) is 41.1 Å². The number of nitrogens with one attached hydrogen (secondary N) is 1. The molecule has 0 unspecified atom stereocenters. The van der Waals surface area contributed by atoms with Gasteiger partial charge in [-0.3, -0.25) is 9.78 Å². The van der Waals surface area contributed by atoms with Crippen molar-refractivity contribution in [3.05, 3.63) is 53.2 Å². The summed E-state index contributed by atoms with van der Waals surface area (Å²) in [5.74, 6) is 0.510. The SMILES string of the molecule is CCc1c(CO)cccc1Nc1c(C(N)=O)cnc2cc(OC)c(OCCN(C)C)cc12. The lowest BCUT2D eigenvalue weighted by atomic mass is 10.0. The van der Waals surface area contributed by atoms with Crippen LogP contribution in [-0.2, 0) is 13.0 Å². The summed E-state index contributed by atoms with van der Waals surface area (Å²) in [6.07, 6.45) is 2.17. The molecule has 1 aromatic heterocycles. The van der Waals surface area contributed by atoms with Crippen molar-refractivity contribution in [2.75, 3.05) is 39.7 Å². The fourth-order valence-electron chi connectivity index (χ4n) is 3.58. The number of carbonyl (C=O) groups excluding carboxylic acids is 1. The Morgan fingerprint density at radius 1 is 1.25 bits per heavy atom. The van der Waals surface area contributed by atoms with Crippen LogP contribution in [0.1, 0.15) is 28.4 Å². The predicted molar refractivity (Wildman–Crippen MR) is 126 cm³/mol. The van der Waals surface area contributed by atoms with Crippen LogP contribution >= 0.6 is 0 Å². The van der Waals surface area contributed by atoms with Crippen LogP contribution in [-0.4, -0.2) is 55.3 Å². The van der Waals surface area contributed by atoms with E-state index in [1.165, 1.54) is 6.20 Å². The zero-order valence-electron chi connectivity index (χ0n) is 18.9. The molecule has 8 nitrogen and oxygen atoms in total. The average Bonchev–Trinajstić information content (AvgIpc) is 2.78. The highest BCUT2D eigenvalue weighted by Crippen LogP contribution is 2.38. The molecule has 0 saturated carbocycles. The van der Waals surface area contributed by atoms with Gasteiger partial charge in [0.15, 0.2) is 11.5 Å². The third kappa shape index (κ3) is 4.92. The summed E-state index contributed by atoms with van der Waals surface area (Å²) in [7, 11) is 5.51. The number of methoxy groups -OCH3 is 1. The highest BCUT2D eigenvalue weighted by molar-refractivity contribution is 6.08. The molecule has 0 bridgehead atoms. The Morgan fingerprint density at radius 3 is 2.66 bits per heavy atom. The fraction of sp³-hybridized carbons (Fsp3) is 0.333. The largest absolute Gasteiger partial charge is 0.493 e. The molecular weight excluding hydrogens is 408 g/mol. The number of amides is 1. The van der Waals surface area contributed by atoms with Crippen molar-refractivity contribution in [2.24, 2.45) is 5.73 Å². The quantitative estimate of drug-likeness (QED) is 0.446. The van der Waals surface area contributed by atoms with Crippen molar-refractivity contribution in [3.63, 3.8) is 0 Å². The van der Waals surface area contributed by atoms with Crippen LogP contribution in [0.4, 0.5) is 11.4 Å². The van der Waals surface area contributed by atoms with Crippen molar-refractivity contribution in [1.29, 1.82) is 0 Å². The molecular formula is C24H30N4O4. The first-order chi connectivity index (χ1) is 15.4. The van der Waals surface area contributed by atoms with E-state index >= 15 is 0 Å². The van der Waals surface area contributed by atoms with Gasteiger partial charge in [-0.25, -0.2) is 0 Å². The lowest BCUT2D eigenvalue weighted by Gasteiger charge is -2.19. The van der Waals surface area contributed by atoms with E-state index in [1.807, 2.05) is 50.2 Å². The average molecular weight is 439 g/mol. The van der Waals surface area contributed by atoms with E-state index in [0.717, 1.165) is 23.4 Å². The molecule has 0 aliphatic heterocycles. The number of aliphatic hydroxyl groups excluding tert-OH is 1. The molecule has 0 fully saturated rings. The molecule has 0 aliphatic rings. The normalized spacial score (nSPS) is 11.1. The second-order valence-corrected chi connectivity index (χ2v) is 7.66. The zero-order chi connectivity index (χ0) is 23.3. The van der Waals surface area contributed by atoms with Crippen molar-refractivity contribution in [1.82, 2.24) is 9.88 Å². The lowest BCUT2D eigenvalue weighted by molar-refractivity contribution is 0.100. The number of nitrogens with two attached hydrogens (primary N) is 1. The molecule has 4 N–H and O–H groups in total. The summed E-state index contributed by atoms with van der Waals surface area (Å²) in [6, 6.07) is 9.24. The predicted octanol–water partition coefficient (Wildman–Crippen LogP) is 3.08. The topological polar surface area (TPSA) is 110 Å². The number of ether oxygens (including phenoxy) is 2. The van der Waals surface area contributed by atoms with Gasteiger partial charge < -0.3 is 30.5 Å². The number of hydrogen-bond donors (Lipinski definition) is 3. The number of primary amides is 1. The number of benzene rings is 2. The molecule has 3 aromatic rings. The van der Waals surface area contributed by atoms with Gasteiger partial charge in [0.05, 0.1) is 30.5 Å². The van der Waals surface area contributed by atoms with Crippen molar-refractivity contribution >= 4 is 28.2 Å². The maximum atomic E-state index is 12.2. The molecule has 0 saturated heterocycles. The second kappa shape index (κ2) is 10.3. The molecule has 170 valence electrons. The number of pyridine rings is 1. The standard InChI is InChI=1S/C24H30N4O4/c1-5-16-15(14-29)7-6-8-19(16)27-23-17-11-22(32-10-9-28(2)3)21(31-4)12-20(17)26-13-18(23)24(25)30/h6-8,11-13,29H,5,9-10,14H2,1-4H3,(H2,25,30)(H,26,27). The van der Waals surface area contributed by atoms with E-state index < -0.39 is 5.91 Å². The Balaban J connectivity index is 2.16. The van der Waals surface area contributed by atoms with Gasteiger partial charge >= 0.3 is 0 Å². The van der Waals surface area contributed by atoms with E-state index in [2.05, 4.69) is 10.3 Å². The Kier molecular flexibility index (Phi) is 7.50. The van der Waals surface area contributed by atoms with E-state index in [4.69, 9.17) is 15.2 Å². The van der Waals surface area contributed by atoms with Gasteiger partial charge in [0.25, 0.3) is 5.91 Å². The zero-order valence-corrected chi connectivity index (χ0v) is 18.9. The molecule has 1 amide bonds. The van der Waals surface area contributed by atoms with Crippen molar-refractivity contribution in [2.45, 2.75) is 20.0 Å². The van der Waals surface area contributed by atoms with Crippen LogP contribution in [0.5, 0.6) is 11.5 Å². The number of nitrogens with zero attached hydrogens (tertiary/aromatic N) is 2. The van der Waals surface area contributed by atoms with Crippen LogP contribution in [0.2, 0.25) is 0 Å². The second-order valence-electron chi connectivity index (χ2n) is 7.66. The lowest BCUT2D eigenvalue weighted by Crippen LogP contribution is -2.19. The highest BCUT2D eigenvalue weighted by Gasteiger charge is 2.18. The van der Waals surface area contributed by atoms with Crippen LogP contribution in [0.3, 0.4) is 0 Å². The van der Waals surface area contributed by atoms with Gasteiger partial charge in [0.2, 0.25) is 0 Å². The van der Waals surface area contributed by atoms with Gasteiger partial charge in [-0.2, -0.15) is 0 Å². The van der Waals surface area contributed by atoms with Crippen molar-refractivity contribution < 1.29 is 19.4 Å². The van der Waals surface area contributed by atoms with Gasteiger partial charge in [-0.05, 0) is 43.8 Å². The monoisotopic (exact) mass is 438 g/mol. The highest BCUT2D eigenvalue weighted by atomic mass is 16.5. The number of anilines is 2. The number of likely N-dealkylation sites (N-methyl/N-ethyl adjacent to an activating group) is 1. The summed E-state index contributed by atoms with van der Waals surface area (Å²) >= 11 is 0. The molecule has 2 aromatic carbocycles. The molecule has 32 heavy (non-hydrogen) atoms. The number of rotatable bonds is 10. The van der Waals surface area contributed by atoms with E-state index in [9.17, 15) is 9.90 Å². The van der Waals surface area contributed by atoms with Gasteiger partial charge in [-0.1, -0.05) is 19.1 Å². The number of fused-ring (bicyclic) bond motifs is 1. The van der Waals surface area contributed by atoms with Gasteiger partial charge in [0, 0.05) is 29.9 Å². The summed E-state index contributed by atoms with van der Waals surface area (Å²) < 4.78 is 11.5. The van der Waals surface area contributed by atoms with E-state index in [1.54, 1.807) is 13.2 Å². The molecule has 3 rings (SSSR count). The molecule has 0 radical (unpaired) electrons. The number of aliphatic hydroxyl groups is 1. The van der Waals surface area contributed by atoms with Crippen LogP contribution in [0.15, 0.2) is 36.5 Å². The molecule has 1 heterocycles.